The second-order valence-corrected chi connectivity index (χ2v) is 8.10. The molecule has 144 valence electrons. The molecular formula is C20H25N3O3S. The summed E-state index contributed by atoms with van der Waals surface area (Å²) in [6.07, 6.45) is 7.99. The van der Waals surface area contributed by atoms with E-state index in [0.717, 1.165) is 24.0 Å². The van der Waals surface area contributed by atoms with Crippen molar-refractivity contribution in [2.45, 2.75) is 37.6 Å². The predicted molar refractivity (Wildman–Crippen MR) is 106 cm³/mol. The van der Waals surface area contributed by atoms with Gasteiger partial charge in [0, 0.05) is 36.3 Å². The van der Waals surface area contributed by atoms with Gasteiger partial charge in [-0.2, -0.15) is 0 Å². The highest BCUT2D eigenvalue weighted by molar-refractivity contribution is 7.89. The zero-order valence-corrected chi connectivity index (χ0v) is 16.3. The first-order chi connectivity index (χ1) is 13.1. The molecule has 0 fully saturated rings. The van der Waals surface area contributed by atoms with Gasteiger partial charge in [-0.25, -0.2) is 18.1 Å². The second-order valence-electron chi connectivity index (χ2n) is 6.36. The number of imidazole rings is 1. The van der Waals surface area contributed by atoms with Crippen LogP contribution >= 0.6 is 0 Å². The van der Waals surface area contributed by atoms with E-state index in [-0.39, 0.29) is 4.90 Å². The van der Waals surface area contributed by atoms with Gasteiger partial charge in [0.25, 0.3) is 0 Å². The van der Waals surface area contributed by atoms with Crippen molar-refractivity contribution < 1.29 is 13.2 Å². The molecule has 3 aromatic rings. The van der Waals surface area contributed by atoms with Crippen molar-refractivity contribution in [3.8, 4) is 5.75 Å². The summed E-state index contributed by atoms with van der Waals surface area (Å²) in [6.45, 7) is 3.81. The largest absolute Gasteiger partial charge is 0.493 e. The first-order valence-corrected chi connectivity index (χ1v) is 10.7. The average molecular weight is 388 g/mol. The maximum Gasteiger partial charge on any atom is 0.241 e. The van der Waals surface area contributed by atoms with Gasteiger partial charge in [0.1, 0.15) is 5.75 Å². The number of nitrogens with zero attached hydrogens (tertiary/aromatic N) is 2. The fraction of sp³-hybridized carbons (Fsp3) is 0.350. The summed E-state index contributed by atoms with van der Waals surface area (Å²) >= 11 is 0. The first-order valence-electron chi connectivity index (χ1n) is 9.22. The lowest BCUT2D eigenvalue weighted by molar-refractivity contribution is 0.313. The molecule has 1 N–H and O–H groups in total. The number of aromatic nitrogens is 2. The zero-order chi connectivity index (χ0) is 19.1. The van der Waals surface area contributed by atoms with Gasteiger partial charge in [0.2, 0.25) is 10.0 Å². The van der Waals surface area contributed by atoms with E-state index in [0.29, 0.717) is 31.5 Å². The molecule has 0 radical (unpaired) electrons. The van der Waals surface area contributed by atoms with Gasteiger partial charge in [0.15, 0.2) is 0 Å². The first kappa shape index (κ1) is 19.4. The highest BCUT2D eigenvalue weighted by Gasteiger charge is 2.18. The van der Waals surface area contributed by atoms with Gasteiger partial charge in [-0.15, -0.1) is 0 Å². The number of hydrogen-bond donors (Lipinski definition) is 1. The molecular weight excluding hydrogens is 362 g/mol. The number of fused-ring (bicyclic) bond motifs is 1. The molecule has 6 nitrogen and oxygen atoms in total. The highest BCUT2D eigenvalue weighted by Crippen LogP contribution is 2.31. The third kappa shape index (κ3) is 4.87. The Morgan fingerprint density at radius 3 is 2.67 bits per heavy atom. The molecule has 1 heterocycles. The number of rotatable bonds is 10. The molecule has 7 heteroatoms. The Balaban J connectivity index is 1.75. The number of nitrogens with one attached hydrogen (secondary N) is 1. The van der Waals surface area contributed by atoms with Crippen molar-refractivity contribution in [1.29, 1.82) is 0 Å². The third-order valence-corrected chi connectivity index (χ3v) is 5.85. The Bertz CT molecular complexity index is 969. The van der Waals surface area contributed by atoms with Crippen LogP contribution in [-0.2, 0) is 16.6 Å². The summed E-state index contributed by atoms with van der Waals surface area (Å²) < 4.78 is 36.1. The Labute approximate surface area is 160 Å². The van der Waals surface area contributed by atoms with Gasteiger partial charge in [-0.3, -0.25) is 0 Å². The number of sulfonamides is 1. The van der Waals surface area contributed by atoms with E-state index < -0.39 is 10.0 Å². The minimum Gasteiger partial charge on any atom is -0.493 e. The standard InChI is InChI=1S/C20H25N3O3S/c1-2-3-15-26-19-9-10-20(18-8-5-4-7-17(18)19)27(24,25)22-11-6-13-23-14-12-21-16-23/h4-5,7-10,12,14,16,22H,2-3,6,11,13,15H2,1H3. The summed E-state index contributed by atoms with van der Waals surface area (Å²) in [6, 6.07) is 10.8. The van der Waals surface area contributed by atoms with Crippen LogP contribution in [0, 0.1) is 0 Å². The van der Waals surface area contributed by atoms with E-state index in [9.17, 15) is 8.42 Å². The Hall–Kier alpha value is -2.38. The fourth-order valence-corrected chi connectivity index (χ4v) is 4.18. The highest BCUT2D eigenvalue weighted by atomic mass is 32.2. The predicted octanol–water partition coefficient (Wildman–Crippen LogP) is 3.58. The molecule has 0 saturated heterocycles. The Kier molecular flexibility index (Phi) is 6.47. The second kappa shape index (κ2) is 9.01. The molecule has 0 saturated carbocycles. The van der Waals surface area contributed by atoms with E-state index in [1.807, 2.05) is 35.0 Å². The molecule has 0 aliphatic heterocycles. The van der Waals surface area contributed by atoms with Crippen molar-refractivity contribution in [2.75, 3.05) is 13.2 Å². The summed E-state index contributed by atoms with van der Waals surface area (Å²) in [4.78, 5) is 4.26. The third-order valence-electron chi connectivity index (χ3n) is 4.33. The molecule has 1 aromatic heterocycles. The molecule has 2 aromatic carbocycles. The van der Waals surface area contributed by atoms with E-state index in [4.69, 9.17) is 4.74 Å². The van der Waals surface area contributed by atoms with E-state index in [1.54, 1.807) is 24.7 Å². The minimum absolute atomic E-state index is 0.281. The van der Waals surface area contributed by atoms with Crippen molar-refractivity contribution in [2.24, 2.45) is 0 Å². The van der Waals surface area contributed by atoms with Crippen LogP contribution < -0.4 is 9.46 Å². The summed E-state index contributed by atoms with van der Waals surface area (Å²) in [5, 5.41) is 1.49. The average Bonchev–Trinajstić information content (AvgIpc) is 3.19. The lowest BCUT2D eigenvalue weighted by Gasteiger charge is -2.13. The topological polar surface area (TPSA) is 73.2 Å². The molecule has 3 rings (SSSR count). The summed E-state index contributed by atoms with van der Waals surface area (Å²) in [7, 11) is -3.60. The number of benzene rings is 2. The number of hydrogen-bond acceptors (Lipinski definition) is 4. The normalized spacial score (nSPS) is 11.7. The Morgan fingerprint density at radius 1 is 1.11 bits per heavy atom. The Morgan fingerprint density at radius 2 is 1.93 bits per heavy atom. The van der Waals surface area contributed by atoms with Crippen LogP contribution in [0.25, 0.3) is 10.8 Å². The van der Waals surface area contributed by atoms with E-state index >= 15 is 0 Å². The molecule has 0 bridgehead atoms. The van der Waals surface area contributed by atoms with Gasteiger partial charge in [-0.1, -0.05) is 37.6 Å². The van der Waals surface area contributed by atoms with Crippen LogP contribution in [0.1, 0.15) is 26.2 Å². The smallest absolute Gasteiger partial charge is 0.241 e. The minimum atomic E-state index is -3.60. The summed E-state index contributed by atoms with van der Waals surface area (Å²) in [5.41, 5.74) is 0. The maximum absolute atomic E-state index is 12.8. The lowest BCUT2D eigenvalue weighted by atomic mass is 10.1. The molecule has 0 aliphatic rings. The van der Waals surface area contributed by atoms with E-state index in [2.05, 4.69) is 16.6 Å². The van der Waals surface area contributed by atoms with Crippen molar-refractivity contribution in [3.63, 3.8) is 0 Å². The molecule has 0 aliphatic carbocycles. The number of aryl methyl sites for hydroxylation is 1. The van der Waals surface area contributed by atoms with Crippen molar-refractivity contribution in [1.82, 2.24) is 14.3 Å². The number of ether oxygens (including phenoxy) is 1. The van der Waals surface area contributed by atoms with Crippen LogP contribution in [-0.4, -0.2) is 31.1 Å². The zero-order valence-electron chi connectivity index (χ0n) is 15.5. The van der Waals surface area contributed by atoms with Crippen molar-refractivity contribution in [3.05, 3.63) is 55.1 Å². The quantitative estimate of drug-likeness (QED) is 0.540. The van der Waals surface area contributed by atoms with Gasteiger partial charge in [-0.05, 0) is 25.0 Å². The lowest BCUT2D eigenvalue weighted by Crippen LogP contribution is -2.25. The van der Waals surface area contributed by atoms with Gasteiger partial charge in [0.05, 0.1) is 17.8 Å². The molecule has 0 unspecified atom stereocenters. The number of unbranched alkanes of at least 4 members (excludes halogenated alkanes) is 1. The summed E-state index contributed by atoms with van der Waals surface area (Å²) in [5.74, 6) is 0.720. The van der Waals surface area contributed by atoms with Crippen LogP contribution in [0.15, 0.2) is 60.0 Å². The fourth-order valence-electron chi connectivity index (χ4n) is 2.90. The van der Waals surface area contributed by atoms with Gasteiger partial charge >= 0.3 is 0 Å². The van der Waals surface area contributed by atoms with Crippen molar-refractivity contribution >= 4 is 20.8 Å². The van der Waals surface area contributed by atoms with Crippen LogP contribution in [0.5, 0.6) is 5.75 Å². The molecule has 0 amide bonds. The van der Waals surface area contributed by atoms with Crippen LogP contribution in [0.3, 0.4) is 0 Å². The molecule has 0 atom stereocenters. The van der Waals surface area contributed by atoms with Crippen LogP contribution in [0.2, 0.25) is 0 Å². The van der Waals surface area contributed by atoms with E-state index in [1.165, 1.54) is 0 Å². The van der Waals surface area contributed by atoms with Gasteiger partial charge < -0.3 is 9.30 Å². The van der Waals surface area contributed by atoms with Crippen LogP contribution in [0.4, 0.5) is 0 Å². The molecule has 27 heavy (non-hydrogen) atoms. The molecule has 0 spiro atoms. The maximum atomic E-state index is 12.8. The SMILES string of the molecule is CCCCOc1ccc(S(=O)(=O)NCCCn2ccnc2)c2ccccc12. The monoisotopic (exact) mass is 387 g/mol.